The Morgan fingerprint density at radius 2 is 1.70 bits per heavy atom. The molecule has 0 bridgehead atoms. The second-order valence-electron chi connectivity index (χ2n) is 7.03. The van der Waals surface area contributed by atoms with Crippen LogP contribution in [0.25, 0.3) is 11.0 Å². The monoisotopic (exact) mass is 365 g/mol. The van der Waals surface area contributed by atoms with Gasteiger partial charge in [0.25, 0.3) is 0 Å². The van der Waals surface area contributed by atoms with Crippen molar-refractivity contribution < 1.29 is 14.6 Å². The quantitative estimate of drug-likeness (QED) is 0.605. The molecular formula is C22H23NO4. The summed E-state index contributed by atoms with van der Waals surface area (Å²) in [6.45, 7) is 0.209. The third kappa shape index (κ3) is 3.48. The molecule has 0 saturated heterocycles. The molecule has 0 saturated carbocycles. The first-order valence-electron chi connectivity index (χ1n) is 9.37. The summed E-state index contributed by atoms with van der Waals surface area (Å²) in [5, 5.41) is 25.3. The summed E-state index contributed by atoms with van der Waals surface area (Å²) in [4.78, 5) is 12.3. The van der Waals surface area contributed by atoms with E-state index >= 15 is 0 Å². The van der Waals surface area contributed by atoms with Gasteiger partial charge in [0.2, 0.25) is 0 Å². The van der Waals surface area contributed by atoms with Gasteiger partial charge in [-0.1, -0.05) is 30.3 Å². The summed E-state index contributed by atoms with van der Waals surface area (Å²) in [6, 6.07) is 14.8. The SMILES string of the molecule is O=c1oc2cccc(C(O)C(O)CNc3ccccc3)c2c2c1CCCC2. The van der Waals surface area contributed by atoms with Crippen LogP contribution in [0.2, 0.25) is 0 Å². The molecule has 5 nitrogen and oxygen atoms in total. The Kier molecular flexibility index (Phi) is 4.97. The van der Waals surface area contributed by atoms with Gasteiger partial charge in [-0.05, 0) is 55.0 Å². The second kappa shape index (κ2) is 7.55. The minimum absolute atomic E-state index is 0.209. The van der Waals surface area contributed by atoms with Gasteiger partial charge in [-0.3, -0.25) is 0 Å². The Labute approximate surface area is 157 Å². The number of aliphatic hydroxyl groups is 2. The maximum Gasteiger partial charge on any atom is 0.339 e. The highest BCUT2D eigenvalue weighted by molar-refractivity contribution is 5.85. The molecule has 3 N–H and O–H groups in total. The van der Waals surface area contributed by atoms with Crippen molar-refractivity contribution in [3.8, 4) is 0 Å². The van der Waals surface area contributed by atoms with Crippen molar-refractivity contribution >= 4 is 16.7 Å². The van der Waals surface area contributed by atoms with E-state index in [4.69, 9.17) is 4.42 Å². The molecule has 0 radical (unpaired) electrons. The normalized spacial score (nSPS) is 15.9. The van der Waals surface area contributed by atoms with Crippen LogP contribution in [-0.2, 0) is 12.8 Å². The van der Waals surface area contributed by atoms with E-state index in [1.54, 1.807) is 18.2 Å². The number of nitrogens with one attached hydrogen (secondary N) is 1. The van der Waals surface area contributed by atoms with Gasteiger partial charge in [-0.15, -0.1) is 0 Å². The van der Waals surface area contributed by atoms with Gasteiger partial charge in [-0.2, -0.15) is 0 Å². The number of hydrogen-bond acceptors (Lipinski definition) is 5. The summed E-state index contributed by atoms with van der Waals surface area (Å²) in [5.41, 5.74) is 3.35. The fraction of sp³-hybridized carbons (Fsp3) is 0.318. The first-order chi connectivity index (χ1) is 13.1. The zero-order valence-corrected chi connectivity index (χ0v) is 15.0. The summed E-state index contributed by atoms with van der Waals surface area (Å²) in [7, 11) is 0. The van der Waals surface area contributed by atoms with Crippen LogP contribution in [0, 0.1) is 0 Å². The standard InChI is InChI=1S/C22H23NO4/c24-18(13-23-14-7-2-1-3-8-14)21(25)17-11-6-12-19-20(17)15-9-4-5-10-16(15)22(26)27-19/h1-3,6-8,11-12,18,21,23-25H,4-5,9-10,13H2. The average molecular weight is 365 g/mol. The molecule has 3 aromatic rings. The topological polar surface area (TPSA) is 82.7 Å². The van der Waals surface area contributed by atoms with E-state index in [0.29, 0.717) is 23.1 Å². The summed E-state index contributed by atoms with van der Waals surface area (Å²) in [6.07, 6.45) is 1.40. The number of aryl methyl sites for hydroxylation is 1. The van der Waals surface area contributed by atoms with Crippen molar-refractivity contribution in [3.63, 3.8) is 0 Å². The van der Waals surface area contributed by atoms with Crippen LogP contribution in [0.5, 0.6) is 0 Å². The van der Waals surface area contributed by atoms with Crippen molar-refractivity contribution in [3.05, 3.63) is 75.6 Å². The zero-order chi connectivity index (χ0) is 18.8. The Morgan fingerprint density at radius 3 is 2.48 bits per heavy atom. The number of fused-ring (bicyclic) bond motifs is 3. The minimum atomic E-state index is -1.08. The van der Waals surface area contributed by atoms with Gasteiger partial charge in [0, 0.05) is 23.2 Å². The largest absolute Gasteiger partial charge is 0.422 e. The van der Waals surface area contributed by atoms with E-state index in [1.165, 1.54) is 0 Å². The maximum absolute atomic E-state index is 12.3. The zero-order valence-electron chi connectivity index (χ0n) is 15.0. The van der Waals surface area contributed by atoms with E-state index < -0.39 is 12.2 Å². The van der Waals surface area contributed by atoms with E-state index in [1.807, 2.05) is 30.3 Å². The van der Waals surface area contributed by atoms with Crippen LogP contribution in [0.15, 0.2) is 57.7 Å². The van der Waals surface area contributed by atoms with Crippen molar-refractivity contribution in [2.24, 2.45) is 0 Å². The molecule has 0 aliphatic heterocycles. The molecule has 5 heteroatoms. The molecule has 4 rings (SSSR count). The van der Waals surface area contributed by atoms with Crippen LogP contribution in [-0.4, -0.2) is 22.9 Å². The van der Waals surface area contributed by atoms with Gasteiger partial charge in [0.1, 0.15) is 17.8 Å². The fourth-order valence-corrected chi connectivity index (χ4v) is 3.87. The fourth-order valence-electron chi connectivity index (χ4n) is 3.87. The maximum atomic E-state index is 12.3. The van der Waals surface area contributed by atoms with Crippen molar-refractivity contribution in [1.29, 1.82) is 0 Å². The smallest absolute Gasteiger partial charge is 0.339 e. The van der Waals surface area contributed by atoms with Crippen molar-refractivity contribution in [1.82, 2.24) is 0 Å². The average Bonchev–Trinajstić information content (AvgIpc) is 2.72. The Bertz CT molecular complexity index is 996. The van der Waals surface area contributed by atoms with Gasteiger partial charge in [0.05, 0.1) is 0 Å². The molecule has 1 aliphatic rings. The summed E-state index contributed by atoms with van der Waals surface area (Å²) in [5.74, 6) is 0. The Balaban J connectivity index is 1.67. The first kappa shape index (κ1) is 17.8. The molecule has 1 heterocycles. The molecular weight excluding hydrogens is 342 g/mol. The predicted molar refractivity (Wildman–Crippen MR) is 105 cm³/mol. The highest BCUT2D eigenvalue weighted by atomic mass is 16.4. The molecule has 1 aromatic heterocycles. The van der Waals surface area contributed by atoms with Gasteiger partial charge < -0.3 is 19.9 Å². The third-order valence-electron chi connectivity index (χ3n) is 5.25. The van der Waals surface area contributed by atoms with Crippen LogP contribution in [0.1, 0.15) is 35.6 Å². The van der Waals surface area contributed by atoms with Crippen LogP contribution >= 0.6 is 0 Å². The lowest BCUT2D eigenvalue weighted by Gasteiger charge is -2.23. The summed E-state index contributed by atoms with van der Waals surface area (Å²) >= 11 is 0. The second-order valence-corrected chi connectivity index (χ2v) is 7.03. The third-order valence-corrected chi connectivity index (χ3v) is 5.25. The van der Waals surface area contributed by atoms with Gasteiger partial charge >= 0.3 is 5.63 Å². The number of benzene rings is 2. The van der Waals surface area contributed by atoms with Gasteiger partial charge in [-0.25, -0.2) is 4.79 Å². The minimum Gasteiger partial charge on any atom is -0.422 e. The molecule has 0 spiro atoms. The highest BCUT2D eigenvalue weighted by Crippen LogP contribution is 2.33. The molecule has 2 aromatic carbocycles. The molecule has 140 valence electrons. The predicted octanol–water partition coefficient (Wildman–Crippen LogP) is 3.18. The van der Waals surface area contributed by atoms with Gasteiger partial charge in [0.15, 0.2) is 0 Å². The first-order valence-corrected chi connectivity index (χ1v) is 9.37. The van der Waals surface area contributed by atoms with Crippen LogP contribution < -0.4 is 10.9 Å². The number of anilines is 1. The molecule has 2 unspecified atom stereocenters. The summed E-state index contributed by atoms with van der Waals surface area (Å²) < 4.78 is 5.50. The lowest BCUT2D eigenvalue weighted by molar-refractivity contribution is 0.0277. The molecule has 0 fully saturated rings. The van der Waals surface area contributed by atoms with E-state index in [-0.39, 0.29) is 12.2 Å². The van der Waals surface area contributed by atoms with E-state index in [9.17, 15) is 15.0 Å². The molecule has 27 heavy (non-hydrogen) atoms. The Hall–Kier alpha value is -2.63. The lowest BCUT2D eigenvalue weighted by Crippen LogP contribution is -2.27. The Morgan fingerprint density at radius 1 is 0.963 bits per heavy atom. The lowest BCUT2D eigenvalue weighted by atomic mass is 9.87. The van der Waals surface area contributed by atoms with Crippen molar-refractivity contribution in [2.45, 2.75) is 37.9 Å². The number of hydrogen-bond donors (Lipinski definition) is 3. The van der Waals surface area contributed by atoms with Crippen LogP contribution in [0.3, 0.4) is 0 Å². The van der Waals surface area contributed by atoms with E-state index in [0.717, 1.165) is 35.9 Å². The number of rotatable bonds is 5. The number of aliphatic hydroxyl groups excluding tert-OH is 2. The van der Waals surface area contributed by atoms with Crippen LogP contribution in [0.4, 0.5) is 5.69 Å². The highest BCUT2D eigenvalue weighted by Gasteiger charge is 2.25. The molecule has 2 atom stereocenters. The molecule has 1 aliphatic carbocycles. The van der Waals surface area contributed by atoms with Crippen molar-refractivity contribution in [2.75, 3.05) is 11.9 Å². The van der Waals surface area contributed by atoms with E-state index in [2.05, 4.69) is 5.32 Å². The number of para-hydroxylation sites is 1. The molecule has 0 amide bonds.